The second-order valence-corrected chi connectivity index (χ2v) is 6.33. The number of anilines is 1. The molecular weight excluding hydrogens is 300 g/mol. The van der Waals surface area contributed by atoms with Crippen LogP contribution in [-0.4, -0.2) is 48.1 Å². The Balaban J connectivity index is 1.53. The minimum Gasteiger partial charge on any atom is -0.354 e. The number of rotatable bonds is 4. The first-order valence-electron chi connectivity index (χ1n) is 8.38. The van der Waals surface area contributed by atoms with Crippen molar-refractivity contribution in [2.45, 2.75) is 19.9 Å². The molecule has 1 fully saturated rings. The predicted molar refractivity (Wildman–Crippen MR) is 96.1 cm³/mol. The van der Waals surface area contributed by atoms with Crippen molar-refractivity contribution < 1.29 is 4.79 Å². The van der Waals surface area contributed by atoms with Gasteiger partial charge in [0.15, 0.2) is 0 Å². The van der Waals surface area contributed by atoms with Crippen LogP contribution in [-0.2, 0) is 0 Å². The van der Waals surface area contributed by atoms with Crippen LogP contribution in [0.1, 0.15) is 22.8 Å². The van der Waals surface area contributed by atoms with Crippen LogP contribution in [0.25, 0.3) is 0 Å². The number of nitrogens with one attached hydrogen (secondary N) is 1. The molecule has 126 valence electrons. The van der Waals surface area contributed by atoms with E-state index in [1.165, 1.54) is 0 Å². The quantitative estimate of drug-likeness (QED) is 0.937. The fraction of sp³-hybridized carbons (Fsp3) is 0.368. The Morgan fingerprint density at radius 1 is 1.25 bits per heavy atom. The van der Waals surface area contributed by atoms with Gasteiger partial charge < -0.3 is 10.2 Å². The number of piperazine rings is 1. The number of amides is 1. The van der Waals surface area contributed by atoms with E-state index in [1.54, 1.807) is 0 Å². The molecule has 2 heterocycles. The van der Waals surface area contributed by atoms with Gasteiger partial charge in [-0.15, -0.1) is 0 Å². The Hall–Kier alpha value is -2.40. The highest BCUT2D eigenvalue weighted by atomic mass is 16.1. The number of aryl methyl sites for hydroxylation is 1. The van der Waals surface area contributed by atoms with Crippen LogP contribution in [0, 0.1) is 6.92 Å². The monoisotopic (exact) mass is 324 g/mol. The maximum atomic E-state index is 12.3. The lowest BCUT2D eigenvalue weighted by Gasteiger charge is -2.40. The van der Waals surface area contributed by atoms with Gasteiger partial charge in [-0.1, -0.05) is 23.8 Å². The van der Waals surface area contributed by atoms with Crippen molar-refractivity contribution in [2.75, 3.05) is 31.2 Å². The first-order valence-corrected chi connectivity index (χ1v) is 8.38. The van der Waals surface area contributed by atoms with Crippen LogP contribution >= 0.6 is 0 Å². The molecule has 1 atom stereocenters. The molecule has 1 N–H and O–H groups in total. The van der Waals surface area contributed by atoms with Gasteiger partial charge in [-0.25, -0.2) is 4.98 Å². The van der Waals surface area contributed by atoms with Gasteiger partial charge in [0.05, 0.1) is 6.67 Å². The Kier molecular flexibility index (Phi) is 5.11. The largest absolute Gasteiger partial charge is 0.354 e. The molecule has 0 saturated carbocycles. The van der Waals surface area contributed by atoms with E-state index >= 15 is 0 Å². The molecule has 0 spiro atoms. The van der Waals surface area contributed by atoms with E-state index in [0.29, 0.717) is 12.7 Å². The fourth-order valence-electron chi connectivity index (χ4n) is 3.04. The predicted octanol–water partition coefficient (Wildman–Crippen LogP) is 2.29. The fourth-order valence-corrected chi connectivity index (χ4v) is 3.04. The second kappa shape index (κ2) is 7.45. The highest BCUT2D eigenvalue weighted by Gasteiger charge is 2.24. The van der Waals surface area contributed by atoms with Crippen molar-refractivity contribution in [1.29, 1.82) is 0 Å². The molecule has 1 aliphatic rings. The average Bonchev–Trinajstić information content (AvgIpc) is 2.61. The molecule has 1 aliphatic heterocycles. The highest BCUT2D eigenvalue weighted by molar-refractivity contribution is 5.94. The second-order valence-electron chi connectivity index (χ2n) is 6.33. The van der Waals surface area contributed by atoms with Crippen molar-refractivity contribution >= 4 is 11.7 Å². The first kappa shape index (κ1) is 16.5. The zero-order valence-electron chi connectivity index (χ0n) is 14.3. The van der Waals surface area contributed by atoms with Crippen LogP contribution in [0.3, 0.4) is 0 Å². The third kappa shape index (κ3) is 3.92. The van der Waals surface area contributed by atoms with Crippen molar-refractivity contribution in [2.24, 2.45) is 0 Å². The summed E-state index contributed by atoms with van der Waals surface area (Å²) >= 11 is 0. The molecule has 1 unspecified atom stereocenters. The molecule has 1 aromatic heterocycles. The van der Waals surface area contributed by atoms with Gasteiger partial charge in [0.25, 0.3) is 5.91 Å². The first-order chi connectivity index (χ1) is 11.6. The normalized spacial score (nSPS) is 18.4. The summed E-state index contributed by atoms with van der Waals surface area (Å²) < 4.78 is 0. The molecule has 5 heteroatoms. The molecule has 1 saturated heterocycles. The Labute approximate surface area is 143 Å². The standard InChI is InChI=1S/C19H24N4O/c1-15-6-5-7-17(12-15)19(24)21-14-23-11-10-22(13-16(23)2)18-8-3-4-9-20-18/h3-9,12,16H,10-11,13-14H2,1-2H3,(H,21,24). The minimum atomic E-state index is -0.0157. The summed E-state index contributed by atoms with van der Waals surface area (Å²) in [4.78, 5) is 21.3. The van der Waals surface area contributed by atoms with Crippen molar-refractivity contribution in [3.8, 4) is 0 Å². The Morgan fingerprint density at radius 2 is 2.12 bits per heavy atom. The van der Waals surface area contributed by atoms with E-state index in [9.17, 15) is 4.79 Å². The van der Waals surface area contributed by atoms with E-state index in [1.807, 2.05) is 55.6 Å². The lowest BCUT2D eigenvalue weighted by molar-refractivity contribution is 0.0898. The lowest BCUT2D eigenvalue weighted by atomic mass is 10.1. The number of carbonyl (C=O) groups excluding carboxylic acids is 1. The zero-order valence-corrected chi connectivity index (χ0v) is 14.3. The molecule has 0 aliphatic carbocycles. The Bertz CT molecular complexity index is 689. The van der Waals surface area contributed by atoms with Gasteiger partial charge in [-0.3, -0.25) is 9.69 Å². The third-order valence-electron chi connectivity index (χ3n) is 4.46. The van der Waals surface area contributed by atoms with E-state index in [-0.39, 0.29) is 5.91 Å². The summed E-state index contributed by atoms with van der Waals surface area (Å²) in [5, 5.41) is 3.03. The highest BCUT2D eigenvalue weighted by Crippen LogP contribution is 2.16. The molecule has 5 nitrogen and oxygen atoms in total. The topological polar surface area (TPSA) is 48.5 Å². The Morgan fingerprint density at radius 3 is 2.83 bits per heavy atom. The number of nitrogens with zero attached hydrogens (tertiary/aromatic N) is 3. The van der Waals surface area contributed by atoms with Crippen LogP contribution in [0.2, 0.25) is 0 Å². The summed E-state index contributed by atoms with van der Waals surface area (Å²) in [5.41, 5.74) is 1.81. The number of hydrogen-bond acceptors (Lipinski definition) is 4. The molecule has 24 heavy (non-hydrogen) atoms. The van der Waals surface area contributed by atoms with Crippen LogP contribution in [0.15, 0.2) is 48.7 Å². The minimum absolute atomic E-state index is 0.0157. The van der Waals surface area contributed by atoms with Crippen LogP contribution in [0.4, 0.5) is 5.82 Å². The van der Waals surface area contributed by atoms with Crippen LogP contribution < -0.4 is 10.2 Å². The number of benzene rings is 1. The number of aromatic nitrogens is 1. The maximum absolute atomic E-state index is 12.3. The molecule has 1 aromatic carbocycles. The van der Waals surface area contributed by atoms with Gasteiger partial charge in [0.2, 0.25) is 0 Å². The summed E-state index contributed by atoms with van der Waals surface area (Å²) in [6.45, 7) is 7.50. The molecule has 2 aromatic rings. The van der Waals surface area contributed by atoms with Gasteiger partial charge in [0.1, 0.15) is 5.82 Å². The SMILES string of the molecule is Cc1cccc(C(=O)NCN2CCN(c3ccccn3)CC2C)c1. The number of hydrogen-bond donors (Lipinski definition) is 1. The smallest absolute Gasteiger partial charge is 0.252 e. The number of pyridine rings is 1. The van der Waals surface area contributed by atoms with Gasteiger partial charge in [0, 0.05) is 37.4 Å². The molecule has 1 amide bonds. The van der Waals surface area contributed by atoms with Crippen LogP contribution in [0.5, 0.6) is 0 Å². The molecular formula is C19H24N4O. The third-order valence-corrected chi connectivity index (χ3v) is 4.46. The van der Waals surface area contributed by atoms with E-state index in [0.717, 1.165) is 36.6 Å². The summed E-state index contributed by atoms with van der Waals surface area (Å²) in [6, 6.07) is 14.0. The van der Waals surface area contributed by atoms with E-state index < -0.39 is 0 Å². The van der Waals surface area contributed by atoms with Crippen molar-refractivity contribution in [3.05, 3.63) is 59.8 Å². The molecule has 0 radical (unpaired) electrons. The summed E-state index contributed by atoms with van der Waals surface area (Å²) in [6.07, 6.45) is 1.83. The summed E-state index contributed by atoms with van der Waals surface area (Å²) in [7, 11) is 0. The maximum Gasteiger partial charge on any atom is 0.252 e. The summed E-state index contributed by atoms with van der Waals surface area (Å²) in [5.74, 6) is 1.01. The average molecular weight is 324 g/mol. The zero-order chi connectivity index (χ0) is 16.9. The molecule has 0 bridgehead atoms. The van der Waals surface area contributed by atoms with Crippen molar-refractivity contribution in [1.82, 2.24) is 15.2 Å². The van der Waals surface area contributed by atoms with Gasteiger partial charge >= 0.3 is 0 Å². The number of carbonyl (C=O) groups is 1. The lowest BCUT2D eigenvalue weighted by Crippen LogP contribution is -2.55. The molecule has 3 rings (SSSR count). The van der Waals surface area contributed by atoms with E-state index in [4.69, 9.17) is 0 Å². The van der Waals surface area contributed by atoms with E-state index in [2.05, 4.69) is 27.0 Å². The van der Waals surface area contributed by atoms with Gasteiger partial charge in [-0.2, -0.15) is 0 Å². The van der Waals surface area contributed by atoms with Gasteiger partial charge in [-0.05, 0) is 38.1 Å². The van der Waals surface area contributed by atoms with Crippen molar-refractivity contribution in [3.63, 3.8) is 0 Å².